The van der Waals surface area contributed by atoms with Crippen LogP contribution in [0.3, 0.4) is 0 Å². The molecule has 0 heterocycles. The van der Waals surface area contributed by atoms with Gasteiger partial charge in [-0.2, -0.15) is 0 Å². The maximum atomic E-state index is 11.8. The van der Waals surface area contributed by atoms with Crippen LogP contribution in [0.1, 0.15) is 60.8 Å². The van der Waals surface area contributed by atoms with E-state index in [-0.39, 0.29) is 23.4 Å². The van der Waals surface area contributed by atoms with E-state index in [1.54, 1.807) is 6.92 Å². The van der Waals surface area contributed by atoms with Gasteiger partial charge in [0.15, 0.2) is 0 Å². The second-order valence-corrected chi connectivity index (χ2v) is 6.46. The summed E-state index contributed by atoms with van der Waals surface area (Å²) in [7, 11) is 0. The Bertz CT molecular complexity index is 323. The zero-order chi connectivity index (χ0) is 16.5. The summed E-state index contributed by atoms with van der Waals surface area (Å²) >= 11 is 0. The summed E-state index contributed by atoms with van der Waals surface area (Å²) < 4.78 is 10.3. The average molecular weight is 301 g/mol. The smallest absolute Gasteiger partial charge is 0.407 e. The van der Waals surface area contributed by atoms with Gasteiger partial charge in [-0.1, -0.05) is 34.1 Å². The molecule has 0 aromatic rings. The van der Waals surface area contributed by atoms with Crippen LogP contribution >= 0.6 is 0 Å². The van der Waals surface area contributed by atoms with E-state index < -0.39 is 6.09 Å². The third-order valence-electron chi connectivity index (χ3n) is 3.50. The van der Waals surface area contributed by atoms with Gasteiger partial charge >= 0.3 is 12.1 Å². The average Bonchev–Trinajstić information content (AvgIpc) is 2.35. The number of hydrogen-bond donors (Lipinski definition) is 1. The van der Waals surface area contributed by atoms with Crippen LogP contribution in [0.2, 0.25) is 0 Å². The fraction of sp³-hybridized carbons (Fsp3) is 0.875. The van der Waals surface area contributed by atoms with Gasteiger partial charge in [-0.25, -0.2) is 4.79 Å². The number of esters is 1. The molecule has 21 heavy (non-hydrogen) atoms. The van der Waals surface area contributed by atoms with E-state index in [2.05, 4.69) is 12.2 Å². The van der Waals surface area contributed by atoms with Crippen molar-refractivity contribution in [3.8, 4) is 0 Å². The van der Waals surface area contributed by atoms with Crippen LogP contribution in [0.5, 0.6) is 0 Å². The molecular weight excluding hydrogens is 270 g/mol. The number of carbonyl (C=O) groups excluding carboxylic acids is 2. The van der Waals surface area contributed by atoms with Crippen LogP contribution < -0.4 is 5.32 Å². The summed E-state index contributed by atoms with van der Waals surface area (Å²) in [6.07, 6.45) is 1.55. The minimum absolute atomic E-state index is 0.0894. The topological polar surface area (TPSA) is 64.6 Å². The highest BCUT2D eigenvalue weighted by Crippen LogP contribution is 2.21. The molecule has 0 aromatic carbocycles. The minimum Gasteiger partial charge on any atom is -0.466 e. The summed E-state index contributed by atoms with van der Waals surface area (Å²) in [5, 5.41) is 2.75. The number of rotatable bonds is 8. The molecule has 1 N–H and O–H groups in total. The summed E-state index contributed by atoms with van der Waals surface area (Å²) in [5.41, 5.74) is -0.0922. The first-order valence-electron chi connectivity index (χ1n) is 7.80. The number of hydrogen-bond acceptors (Lipinski definition) is 4. The molecule has 0 aromatic heterocycles. The fourth-order valence-electron chi connectivity index (χ4n) is 1.75. The summed E-state index contributed by atoms with van der Waals surface area (Å²) in [6.45, 7) is 12.6. The molecule has 0 bridgehead atoms. The largest absolute Gasteiger partial charge is 0.466 e. The Labute approximate surface area is 128 Å². The Kier molecular flexibility index (Phi) is 9.06. The lowest BCUT2D eigenvalue weighted by Gasteiger charge is -2.27. The molecule has 0 fully saturated rings. The van der Waals surface area contributed by atoms with Crippen molar-refractivity contribution in [3.05, 3.63) is 0 Å². The van der Waals surface area contributed by atoms with Gasteiger partial charge in [0.2, 0.25) is 0 Å². The van der Waals surface area contributed by atoms with Crippen molar-refractivity contribution in [1.82, 2.24) is 5.32 Å². The molecule has 0 spiro atoms. The van der Waals surface area contributed by atoms with E-state index in [0.717, 1.165) is 12.8 Å². The Morgan fingerprint density at radius 1 is 1.19 bits per heavy atom. The SMILES string of the molecule is CCCC(CNC(=O)OC(C)C(C)(C)C)CC(=O)OCC. The van der Waals surface area contributed by atoms with Gasteiger partial charge < -0.3 is 14.8 Å². The molecule has 0 aliphatic heterocycles. The van der Waals surface area contributed by atoms with Crippen LogP contribution in [-0.4, -0.2) is 31.3 Å². The van der Waals surface area contributed by atoms with Crippen LogP contribution in [-0.2, 0) is 14.3 Å². The molecule has 0 aliphatic rings. The van der Waals surface area contributed by atoms with E-state index in [4.69, 9.17) is 9.47 Å². The maximum Gasteiger partial charge on any atom is 0.407 e. The Balaban J connectivity index is 4.23. The Morgan fingerprint density at radius 2 is 1.81 bits per heavy atom. The van der Waals surface area contributed by atoms with Crippen LogP contribution in [0, 0.1) is 11.3 Å². The Hall–Kier alpha value is -1.26. The normalized spacial score (nSPS) is 14.2. The van der Waals surface area contributed by atoms with Gasteiger partial charge in [-0.05, 0) is 31.6 Å². The summed E-state index contributed by atoms with van der Waals surface area (Å²) in [5.74, 6) is -0.124. The summed E-state index contributed by atoms with van der Waals surface area (Å²) in [6, 6.07) is 0. The van der Waals surface area contributed by atoms with Crippen LogP contribution in [0.4, 0.5) is 4.79 Å². The van der Waals surface area contributed by atoms with Gasteiger partial charge in [-0.15, -0.1) is 0 Å². The number of carbonyl (C=O) groups is 2. The predicted octanol–water partition coefficient (Wildman–Crippen LogP) is 3.52. The maximum absolute atomic E-state index is 11.8. The quantitative estimate of drug-likeness (QED) is 0.697. The van der Waals surface area contributed by atoms with Crippen molar-refractivity contribution in [2.45, 2.75) is 66.9 Å². The molecule has 0 radical (unpaired) electrons. The number of nitrogens with one attached hydrogen (secondary N) is 1. The standard InChI is InChI=1S/C16H31NO4/c1-7-9-13(10-14(18)20-8-2)11-17-15(19)21-12(3)16(4,5)6/h12-13H,7-11H2,1-6H3,(H,17,19). The zero-order valence-corrected chi connectivity index (χ0v) is 14.3. The second kappa shape index (κ2) is 9.64. The first-order valence-corrected chi connectivity index (χ1v) is 7.80. The van der Waals surface area contributed by atoms with Gasteiger partial charge in [0, 0.05) is 6.54 Å². The van der Waals surface area contributed by atoms with E-state index in [1.807, 2.05) is 27.7 Å². The molecule has 5 nitrogen and oxygen atoms in total. The monoisotopic (exact) mass is 301 g/mol. The number of ether oxygens (including phenoxy) is 2. The van der Waals surface area contributed by atoms with E-state index in [9.17, 15) is 9.59 Å². The molecule has 0 saturated heterocycles. The van der Waals surface area contributed by atoms with Crippen molar-refractivity contribution in [3.63, 3.8) is 0 Å². The first kappa shape index (κ1) is 19.7. The van der Waals surface area contributed by atoms with Crippen molar-refractivity contribution in [1.29, 1.82) is 0 Å². The molecule has 2 unspecified atom stereocenters. The highest BCUT2D eigenvalue weighted by molar-refractivity contribution is 5.70. The number of amides is 1. The van der Waals surface area contributed by atoms with E-state index in [0.29, 0.717) is 19.6 Å². The minimum atomic E-state index is -0.428. The number of alkyl carbamates (subject to hydrolysis) is 1. The van der Waals surface area contributed by atoms with Crippen molar-refractivity contribution < 1.29 is 19.1 Å². The molecule has 1 amide bonds. The molecule has 0 rings (SSSR count). The molecule has 124 valence electrons. The van der Waals surface area contributed by atoms with E-state index in [1.165, 1.54) is 0 Å². The first-order chi connectivity index (χ1) is 9.70. The lowest BCUT2D eigenvalue weighted by atomic mass is 9.90. The summed E-state index contributed by atoms with van der Waals surface area (Å²) in [4.78, 5) is 23.3. The van der Waals surface area contributed by atoms with Crippen molar-refractivity contribution in [2.75, 3.05) is 13.2 Å². The molecular formula is C16H31NO4. The van der Waals surface area contributed by atoms with Crippen molar-refractivity contribution in [2.24, 2.45) is 11.3 Å². The van der Waals surface area contributed by atoms with E-state index >= 15 is 0 Å². The van der Waals surface area contributed by atoms with Gasteiger partial charge in [0.05, 0.1) is 13.0 Å². The molecule has 2 atom stereocenters. The lowest BCUT2D eigenvalue weighted by Crippen LogP contribution is -2.36. The highest BCUT2D eigenvalue weighted by atomic mass is 16.6. The van der Waals surface area contributed by atoms with Crippen LogP contribution in [0.25, 0.3) is 0 Å². The third kappa shape index (κ3) is 9.32. The Morgan fingerprint density at radius 3 is 2.29 bits per heavy atom. The van der Waals surface area contributed by atoms with Crippen molar-refractivity contribution >= 4 is 12.1 Å². The molecule has 5 heteroatoms. The van der Waals surface area contributed by atoms with Gasteiger partial charge in [0.1, 0.15) is 6.10 Å². The zero-order valence-electron chi connectivity index (χ0n) is 14.3. The lowest BCUT2D eigenvalue weighted by molar-refractivity contribution is -0.144. The van der Waals surface area contributed by atoms with Crippen LogP contribution in [0.15, 0.2) is 0 Å². The highest BCUT2D eigenvalue weighted by Gasteiger charge is 2.24. The molecule has 0 saturated carbocycles. The fourth-order valence-corrected chi connectivity index (χ4v) is 1.75. The predicted molar refractivity (Wildman–Crippen MR) is 83.0 cm³/mol. The third-order valence-corrected chi connectivity index (χ3v) is 3.50. The molecule has 0 aliphatic carbocycles. The van der Waals surface area contributed by atoms with Gasteiger partial charge in [-0.3, -0.25) is 4.79 Å². The van der Waals surface area contributed by atoms with Gasteiger partial charge in [0.25, 0.3) is 0 Å². The second-order valence-electron chi connectivity index (χ2n) is 6.46.